The molecule has 1 aliphatic heterocycles. The molecule has 0 spiro atoms. The Labute approximate surface area is 157 Å². The van der Waals surface area contributed by atoms with Gasteiger partial charge in [0.25, 0.3) is 0 Å². The van der Waals surface area contributed by atoms with Gasteiger partial charge in [0.1, 0.15) is 5.82 Å². The van der Waals surface area contributed by atoms with Crippen molar-refractivity contribution in [1.82, 2.24) is 10.2 Å². The second-order valence-corrected chi connectivity index (χ2v) is 8.01. The fourth-order valence-electron chi connectivity index (χ4n) is 3.13. The van der Waals surface area contributed by atoms with Gasteiger partial charge in [-0.15, -0.1) is 11.3 Å². The molecule has 0 saturated carbocycles. The van der Waals surface area contributed by atoms with Gasteiger partial charge < -0.3 is 10.2 Å². The standard InChI is InChI=1S/C20H23FN2O2S/c1-13(2)23(20(25)14-7-10-19(24)22-11-14)12-15-8-9-18(26-15)16-5-3-4-6-17(16)21/h3-6,8-9,13-14H,7,10-12H2,1-2H3,(H,22,24)/t14-/m1/s1. The maximum atomic E-state index is 14.0. The summed E-state index contributed by atoms with van der Waals surface area (Å²) < 4.78 is 14.0. The molecule has 1 aliphatic rings. The summed E-state index contributed by atoms with van der Waals surface area (Å²) in [6.07, 6.45) is 0.998. The summed E-state index contributed by atoms with van der Waals surface area (Å²) >= 11 is 1.51. The number of amides is 2. The molecule has 1 aromatic carbocycles. The van der Waals surface area contributed by atoms with Crippen molar-refractivity contribution in [2.45, 2.75) is 39.3 Å². The fraction of sp³-hybridized carbons (Fsp3) is 0.400. The molecular weight excluding hydrogens is 351 g/mol. The van der Waals surface area contributed by atoms with E-state index in [0.717, 1.165) is 9.75 Å². The van der Waals surface area contributed by atoms with Crippen molar-refractivity contribution in [3.05, 3.63) is 47.1 Å². The number of hydrogen-bond acceptors (Lipinski definition) is 3. The molecule has 2 aromatic rings. The Morgan fingerprint density at radius 2 is 2.08 bits per heavy atom. The summed E-state index contributed by atoms with van der Waals surface area (Å²) in [5, 5.41) is 2.78. The highest BCUT2D eigenvalue weighted by Crippen LogP contribution is 2.31. The normalized spacial score (nSPS) is 17.2. The van der Waals surface area contributed by atoms with E-state index in [4.69, 9.17) is 0 Å². The van der Waals surface area contributed by atoms with Gasteiger partial charge in [-0.25, -0.2) is 4.39 Å². The lowest BCUT2D eigenvalue weighted by atomic mass is 9.97. The largest absolute Gasteiger partial charge is 0.355 e. The fourth-order valence-corrected chi connectivity index (χ4v) is 4.16. The van der Waals surface area contributed by atoms with Crippen LogP contribution in [0.5, 0.6) is 0 Å². The number of hydrogen-bond donors (Lipinski definition) is 1. The van der Waals surface area contributed by atoms with E-state index in [1.165, 1.54) is 17.4 Å². The van der Waals surface area contributed by atoms with Crippen LogP contribution in [-0.2, 0) is 16.1 Å². The first-order valence-corrected chi connectivity index (χ1v) is 9.68. The highest BCUT2D eigenvalue weighted by Gasteiger charge is 2.29. The van der Waals surface area contributed by atoms with Crippen LogP contribution in [0.2, 0.25) is 0 Å². The minimum atomic E-state index is -0.240. The van der Waals surface area contributed by atoms with Gasteiger partial charge in [-0.05, 0) is 38.5 Å². The summed E-state index contributed by atoms with van der Waals surface area (Å²) in [4.78, 5) is 28.0. The SMILES string of the molecule is CC(C)N(Cc1ccc(-c2ccccc2F)s1)C(=O)[C@@H]1CCC(=O)NC1. The van der Waals surface area contributed by atoms with Crippen molar-refractivity contribution in [1.29, 1.82) is 0 Å². The zero-order valence-corrected chi connectivity index (χ0v) is 15.8. The number of halogens is 1. The first kappa shape index (κ1) is 18.6. The van der Waals surface area contributed by atoms with E-state index in [1.807, 2.05) is 36.9 Å². The zero-order valence-electron chi connectivity index (χ0n) is 15.0. The number of nitrogens with zero attached hydrogens (tertiary/aromatic N) is 1. The number of carbonyl (C=O) groups is 2. The molecule has 6 heteroatoms. The Balaban J connectivity index is 1.74. The number of piperidine rings is 1. The summed E-state index contributed by atoms with van der Waals surface area (Å²) in [6, 6.07) is 10.6. The van der Waals surface area contributed by atoms with Crippen molar-refractivity contribution in [2.24, 2.45) is 5.92 Å². The second kappa shape index (κ2) is 7.99. The Morgan fingerprint density at radius 1 is 1.31 bits per heavy atom. The third-order valence-corrected chi connectivity index (χ3v) is 5.75. The molecule has 26 heavy (non-hydrogen) atoms. The van der Waals surface area contributed by atoms with Gasteiger partial charge in [-0.2, -0.15) is 0 Å². The average molecular weight is 374 g/mol. The molecule has 3 rings (SSSR count). The molecule has 0 unspecified atom stereocenters. The van der Waals surface area contributed by atoms with Crippen molar-refractivity contribution >= 4 is 23.2 Å². The average Bonchev–Trinajstić information content (AvgIpc) is 3.08. The molecule has 0 bridgehead atoms. The van der Waals surface area contributed by atoms with E-state index in [9.17, 15) is 14.0 Å². The number of benzene rings is 1. The molecule has 138 valence electrons. The van der Waals surface area contributed by atoms with Crippen LogP contribution < -0.4 is 5.32 Å². The lowest BCUT2D eigenvalue weighted by molar-refractivity contribution is -0.139. The summed E-state index contributed by atoms with van der Waals surface area (Å²) in [6.45, 7) is 4.89. The first-order valence-electron chi connectivity index (χ1n) is 8.86. The Bertz CT molecular complexity index is 793. The minimum absolute atomic E-state index is 0.0120. The molecule has 0 radical (unpaired) electrons. The molecule has 0 aliphatic carbocycles. The van der Waals surface area contributed by atoms with Gasteiger partial charge in [0.2, 0.25) is 11.8 Å². The van der Waals surface area contributed by atoms with E-state index >= 15 is 0 Å². The molecule has 1 fully saturated rings. The molecule has 2 amide bonds. The molecule has 1 atom stereocenters. The lowest BCUT2D eigenvalue weighted by Crippen LogP contribution is -2.46. The molecule has 1 aromatic heterocycles. The Kier molecular flexibility index (Phi) is 5.71. The van der Waals surface area contributed by atoms with Crippen LogP contribution in [0.1, 0.15) is 31.6 Å². The highest BCUT2D eigenvalue weighted by atomic mass is 32.1. The smallest absolute Gasteiger partial charge is 0.228 e. The van der Waals surface area contributed by atoms with Crippen LogP contribution in [0.15, 0.2) is 36.4 Å². The topological polar surface area (TPSA) is 49.4 Å². The summed E-state index contributed by atoms with van der Waals surface area (Å²) in [7, 11) is 0. The van der Waals surface area contributed by atoms with Gasteiger partial charge in [0, 0.05) is 34.3 Å². The number of rotatable bonds is 5. The summed E-state index contributed by atoms with van der Waals surface area (Å²) in [5.41, 5.74) is 0.584. The van der Waals surface area contributed by atoms with Crippen molar-refractivity contribution < 1.29 is 14.0 Å². The van der Waals surface area contributed by atoms with Crippen LogP contribution in [-0.4, -0.2) is 29.3 Å². The number of thiophene rings is 1. The van der Waals surface area contributed by atoms with Crippen molar-refractivity contribution in [2.75, 3.05) is 6.54 Å². The van der Waals surface area contributed by atoms with E-state index in [1.54, 1.807) is 12.1 Å². The van der Waals surface area contributed by atoms with Crippen LogP contribution >= 0.6 is 11.3 Å². The molecule has 1 N–H and O–H groups in total. The monoisotopic (exact) mass is 374 g/mol. The van der Waals surface area contributed by atoms with E-state index in [-0.39, 0.29) is 29.6 Å². The maximum Gasteiger partial charge on any atom is 0.228 e. The van der Waals surface area contributed by atoms with E-state index < -0.39 is 0 Å². The van der Waals surface area contributed by atoms with Crippen LogP contribution in [0.4, 0.5) is 4.39 Å². The van der Waals surface area contributed by atoms with Crippen LogP contribution in [0.3, 0.4) is 0 Å². The van der Waals surface area contributed by atoms with Crippen molar-refractivity contribution in [3.63, 3.8) is 0 Å². The predicted molar refractivity (Wildman–Crippen MR) is 101 cm³/mol. The first-order chi connectivity index (χ1) is 12.5. The third kappa shape index (κ3) is 4.12. The zero-order chi connectivity index (χ0) is 18.7. The Hall–Kier alpha value is -2.21. The molecule has 2 heterocycles. The highest BCUT2D eigenvalue weighted by molar-refractivity contribution is 7.15. The minimum Gasteiger partial charge on any atom is -0.355 e. The van der Waals surface area contributed by atoms with Crippen molar-refractivity contribution in [3.8, 4) is 10.4 Å². The van der Waals surface area contributed by atoms with Gasteiger partial charge in [-0.1, -0.05) is 18.2 Å². The van der Waals surface area contributed by atoms with E-state index in [2.05, 4.69) is 5.32 Å². The van der Waals surface area contributed by atoms with Gasteiger partial charge in [0.05, 0.1) is 12.5 Å². The van der Waals surface area contributed by atoms with Crippen LogP contribution in [0, 0.1) is 11.7 Å². The van der Waals surface area contributed by atoms with Gasteiger partial charge in [-0.3, -0.25) is 9.59 Å². The van der Waals surface area contributed by atoms with Gasteiger partial charge in [0.15, 0.2) is 0 Å². The van der Waals surface area contributed by atoms with Crippen LogP contribution in [0.25, 0.3) is 10.4 Å². The quantitative estimate of drug-likeness (QED) is 0.865. The molecule has 1 saturated heterocycles. The van der Waals surface area contributed by atoms with E-state index in [0.29, 0.717) is 31.5 Å². The second-order valence-electron chi connectivity index (χ2n) is 6.85. The third-order valence-electron chi connectivity index (χ3n) is 4.65. The lowest BCUT2D eigenvalue weighted by Gasteiger charge is -2.32. The number of carbonyl (C=O) groups excluding carboxylic acids is 2. The number of nitrogens with one attached hydrogen (secondary N) is 1. The maximum absolute atomic E-state index is 14.0. The predicted octanol–water partition coefficient (Wildman–Crippen LogP) is 3.82. The molecular formula is C20H23FN2O2S. The Morgan fingerprint density at radius 3 is 2.73 bits per heavy atom. The van der Waals surface area contributed by atoms with Gasteiger partial charge >= 0.3 is 0 Å². The molecule has 4 nitrogen and oxygen atoms in total. The summed E-state index contributed by atoms with van der Waals surface area (Å²) in [5.74, 6) is -0.324.